The molecule has 1 aromatic rings. The smallest absolute Gasteiger partial charge is 0.338 e. The van der Waals surface area contributed by atoms with E-state index in [4.69, 9.17) is 14.6 Å². The van der Waals surface area contributed by atoms with Crippen molar-refractivity contribution in [2.75, 3.05) is 20.3 Å². The number of esters is 1. The third-order valence-corrected chi connectivity index (χ3v) is 3.92. The molecule has 0 radical (unpaired) electrons. The number of carbonyl (C=O) groups excluding carboxylic acids is 1. The molecule has 7 heteroatoms. The summed E-state index contributed by atoms with van der Waals surface area (Å²) in [6, 6.07) is 2.83. The highest BCUT2D eigenvalue weighted by molar-refractivity contribution is 7.89. The van der Waals surface area contributed by atoms with E-state index in [2.05, 4.69) is 0 Å². The Kier molecular flexibility index (Phi) is 5.67. The van der Waals surface area contributed by atoms with Gasteiger partial charge < -0.3 is 9.47 Å². The second-order valence-electron chi connectivity index (χ2n) is 4.44. The molecule has 0 aliphatic heterocycles. The molecule has 0 saturated heterocycles. The molecule has 6 nitrogen and oxygen atoms in total. The van der Waals surface area contributed by atoms with Crippen LogP contribution in [0.15, 0.2) is 17.0 Å². The number of aryl methyl sites for hydroxylation is 1. The fraction of sp³-hybridized carbons (Fsp3) is 0.462. The zero-order valence-electron chi connectivity index (χ0n) is 11.8. The first-order valence-corrected chi connectivity index (χ1v) is 7.62. The molecule has 0 aromatic heterocycles. The number of rotatable bonds is 6. The van der Waals surface area contributed by atoms with Crippen molar-refractivity contribution in [3.8, 4) is 0 Å². The topological polar surface area (TPSA) is 95.7 Å². The average Bonchev–Trinajstić information content (AvgIpc) is 2.36. The van der Waals surface area contributed by atoms with E-state index in [9.17, 15) is 13.2 Å². The van der Waals surface area contributed by atoms with E-state index in [1.54, 1.807) is 27.0 Å². The predicted octanol–water partition coefficient (Wildman–Crippen LogP) is 1.14. The lowest BCUT2D eigenvalue weighted by Crippen LogP contribution is -2.16. The van der Waals surface area contributed by atoms with E-state index in [0.29, 0.717) is 24.2 Å². The van der Waals surface area contributed by atoms with Gasteiger partial charge >= 0.3 is 5.97 Å². The number of hydrogen-bond donors (Lipinski definition) is 1. The number of benzene rings is 1. The van der Waals surface area contributed by atoms with Crippen molar-refractivity contribution in [2.24, 2.45) is 5.14 Å². The molecule has 20 heavy (non-hydrogen) atoms. The van der Waals surface area contributed by atoms with Crippen LogP contribution in [0, 0.1) is 13.8 Å². The molecule has 0 unspecified atom stereocenters. The molecule has 0 aliphatic carbocycles. The minimum atomic E-state index is -3.87. The molecule has 0 amide bonds. The molecule has 0 fully saturated rings. The summed E-state index contributed by atoms with van der Waals surface area (Å²) in [5, 5.41) is 5.14. The summed E-state index contributed by atoms with van der Waals surface area (Å²) in [5.74, 6) is -0.575. The van der Waals surface area contributed by atoms with Gasteiger partial charge in [0.1, 0.15) is 0 Å². The number of primary sulfonamides is 1. The number of hydrogen-bond acceptors (Lipinski definition) is 5. The quantitative estimate of drug-likeness (QED) is 0.628. The number of carbonyl (C=O) groups is 1. The number of nitrogens with two attached hydrogens (primary N) is 1. The van der Waals surface area contributed by atoms with Crippen LogP contribution in [0.2, 0.25) is 0 Å². The third kappa shape index (κ3) is 4.29. The van der Waals surface area contributed by atoms with Gasteiger partial charge in [0.2, 0.25) is 10.0 Å². The van der Waals surface area contributed by atoms with E-state index in [-0.39, 0.29) is 17.1 Å². The van der Waals surface area contributed by atoms with Crippen LogP contribution in [-0.4, -0.2) is 34.7 Å². The van der Waals surface area contributed by atoms with Crippen molar-refractivity contribution >= 4 is 16.0 Å². The first kappa shape index (κ1) is 16.6. The average molecular weight is 301 g/mol. The standard InChI is InChI=1S/C13H19NO5S/c1-9-7-11(13(15)19-6-4-5-18-3)8-12(10(9)2)20(14,16)17/h7-8H,4-6H2,1-3H3,(H2,14,16,17). The van der Waals surface area contributed by atoms with Crippen molar-refractivity contribution in [1.82, 2.24) is 0 Å². The summed E-state index contributed by atoms with van der Waals surface area (Å²) in [4.78, 5) is 11.8. The van der Waals surface area contributed by atoms with Gasteiger partial charge in [-0.25, -0.2) is 18.4 Å². The Hall–Kier alpha value is -1.44. The number of ether oxygens (including phenoxy) is 2. The second-order valence-corrected chi connectivity index (χ2v) is 5.97. The van der Waals surface area contributed by atoms with Gasteiger partial charge in [-0.15, -0.1) is 0 Å². The molecule has 1 rings (SSSR count). The number of sulfonamides is 1. The zero-order chi connectivity index (χ0) is 15.3. The summed E-state index contributed by atoms with van der Waals surface area (Å²) in [7, 11) is -2.31. The Labute approximate surface area is 118 Å². The Morgan fingerprint density at radius 3 is 2.45 bits per heavy atom. The van der Waals surface area contributed by atoms with Crippen LogP contribution in [0.25, 0.3) is 0 Å². The van der Waals surface area contributed by atoms with Gasteiger partial charge in [0.15, 0.2) is 0 Å². The second kappa shape index (κ2) is 6.83. The van der Waals surface area contributed by atoms with Gasteiger partial charge in [-0.2, -0.15) is 0 Å². The summed E-state index contributed by atoms with van der Waals surface area (Å²) in [6.45, 7) is 4.06. The van der Waals surface area contributed by atoms with Crippen LogP contribution >= 0.6 is 0 Å². The van der Waals surface area contributed by atoms with Gasteiger partial charge in [-0.3, -0.25) is 0 Å². The molecule has 0 atom stereocenters. The molecule has 0 heterocycles. The van der Waals surface area contributed by atoms with Crippen molar-refractivity contribution in [3.05, 3.63) is 28.8 Å². The maximum atomic E-state index is 11.9. The monoisotopic (exact) mass is 301 g/mol. The van der Waals surface area contributed by atoms with Crippen LogP contribution in [0.1, 0.15) is 27.9 Å². The molecule has 0 bridgehead atoms. The largest absolute Gasteiger partial charge is 0.462 e. The lowest BCUT2D eigenvalue weighted by atomic mass is 10.1. The molecule has 0 saturated carbocycles. The summed E-state index contributed by atoms with van der Waals surface area (Å²) < 4.78 is 32.9. The van der Waals surface area contributed by atoms with Gasteiger partial charge in [0, 0.05) is 20.1 Å². The minimum Gasteiger partial charge on any atom is -0.462 e. The molecule has 2 N–H and O–H groups in total. The number of methoxy groups -OCH3 is 1. The van der Waals surface area contributed by atoms with Crippen LogP contribution in [0.4, 0.5) is 0 Å². The minimum absolute atomic E-state index is 0.0543. The van der Waals surface area contributed by atoms with Gasteiger partial charge in [-0.1, -0.05) is 0 Å². The molecule has 1 aromatic carbocycles. The Morgan fingerprint density at radius 1 is 1.25 bits per heavy atom. The molecular formula is C13H19NO5S. The van der Waals surface area contributed by atoms with Crippen molar-refractivity contribution in [3.63, 3.8) is 0 Å². The van der Waals surface area contributed by atoms with Gasteiger partial charge in [0.05, 0.1) is 17.1 Å². The predicted molar refractivity (Wildman–Crippen MR) is 74.1 cm³/mol. The normalized spacial score (nSPS) is 11.4. The molecule has 0 aliphatic rings. The highest BCUT2D eigenvalue weighted by Gasteiger charge is 2.18. The van der Waals surface area contributed by atoms with Crippen LogP contribution in [-0.2, 0) is 19.5 Å². The van der Waals surface area contributed by atoms with Crippen molar-refractivity contribution in [1.29, 1.82) is 0 Å². The molecule has 112 valence electrons. The molecular weight excluding hydrogens is 282 g/mol. The summed E-state index contributed by atoms with van der Waals surface area (Å²) in [5.41, 5.74) is 1.37. The van der Waals surface area contributed by atoms with Gasteiger partial charge in [0.25, 0.3) is 0 Å². The van der Waals surface area contributed by atoms with Crippen LogP contribution < -0.4 is 5.14 Å². The maximum Gasteiger partial charge on any atom is 0.338 e. The molecule has 0 spiro atoms. The van der Waals surface area contributed by atoms with E-state index in [1.807, 2.05) is 0 Å². The van der Waals surface area contributed by atoms with Crippen molar-refractivity contribution < 1.29 is 22.7 Å². The summed E-state index contributed by atoms with van der Waals surface area (Å²) in [6.07, 6.45) is 0.579. The fourth-order valence-corrected chi connectivity index (χ4v) is 2.57. The Bertz CT molecular complexity index is 595. The SMILES string of the molecule is COCCCOC(=O)c1cc(C)c(C)c(S(N)(=O)=O)c1. The van der Waals surface area contributed by atoms with E-state index in [0.717, 1.165) is 0 Å². The fourth-order valence-electron chi connectivity index (χ4n) is 1.69. The van der Waals surface area contributed by atoms with E-state index >= 15 is 0 Å². The van der Waals surface area contributed by atoms with Crippen molar-refractivity contribution in [2.45, 2.75) is 25.2 Å². The lowest BCUT2D eigenvalue weighted by Gasteiger charge is -2.10. The Balaban J connectivity index is 2.97. The first-order chi connectivity index (χ1) is 9.27. The van der Waals surface area contributed by atoms with Crippen LogP contribution in [0.3, 0.4) is 0 Å². The summed E-state index contributed by atoms with van der Waals surface area (Å²) >= 11 is 0. The first-order valence-electron chi connectivity index (χ1n) is 6.07. The van der Waals surface area contributed by atoms with Crippen LogP contribution in [0.5, 0.6) is 0 Å². The highest BCUT2D eigenvalue weighted by Crippen LogP contribution is 2.20. The van der Waals surface area contributed by atoms with E-state index < -0.39 is 16.0 Å². The van der Waals surface area contributed by atoms with Gasteiger partial charge in [-0.05, 0) is 37.1 Å². The Morgan fingerprint density at radius 2 is 1.90 bits per heavy atom. The van der Waals surface area contributed by atoms with E-state index in [1.165, 1.54) is 6.07 Å². The lowest BCUT2D eigenvalue weighted by molar-refractivity contribution is 0.0468. The maximum absolute atomic E-state index is 11.9. The highest BCUT2D eigenvalue weighted by atomic mass is 32.2. The third-order valence-electron chi connectivity index (χ3n) is 2.89. The zero-order valence-corrected chi connectivity index (χ0v) is 12.6.